The van der Waals surface area contributed by atoms with Crippen LogP contribution >= 0.6 is 0 Å². The highest BCUT2D eigenvalue weighted by Crippen LogP contribution is 2.38. The first-order chi connectivity index (χ1) is 8.50. The summed E-state index contributed by atoms with van der Waals surface area (Å²) < 4.78 is 0. The summed E-state index contributed by atoms with van der Waals surface area (Å²) in [7, 11) is 0. The largest absolute Gasteiger partial charge is 0.342 e. The van der Waals surface area contributed by atoms with Crippen molar-refractivity contribution < 1.29 is 9.59 Å². The summed E-state index contributed by atoms with van der Waals surface area (Å²) >= 11 is 0. The van der Waals surface area contributed by atoms with E-state index < -0.39 is 5.54 Å². The van der Waals surface area contributed by atoms with Crippen LogP contribution in [0.15, 0.2) is 0 Å². The Bertz CT molecular complexity index is 383. The molecule has 1 N–H and O–H groups in total. The van der Waals surface area contributed by atoms with Gasteiger partial charge in [-0.25, -0.2) is 0 Å². The number of hydrogen-bond acceptors (Lipinski definition) is 2. The number of carbonyl (C=O) groups is 2. The van der Waals surface area contributed by atoms with E-state index in [0.29, 0.717) is 11.8 Å². The molecule has 1 heterocycles. The molecule has 3 rings (SSSR count). The number of nitrogens with zero attached hydrogens (tertiary/aromatic N) is 1. The van der Waals surface area contributed by atoms with Crippen LogP contribution in [0.3, 0.4) is 0 Å². The molecular weight excluding hydrogens is 228 g/mol. The molecule has 4 nitrogen and oxygen atoms in total. The normalized spacial score (nSPS) is 32.1. The second-order valence-electron chi connectivity index (χ2n) is 6.59. The predicted octanol–water partition coefficient (Wildman–Crippen LogP) is 1.30. The first kappa shape index (κ1) is 12.0. The fourth-order valence-electron chi connectivity index (χ4n) is 2.95. The zero-order valence-electron chi connectivity index (χ0n) is 11.2. The molecule has 0 aromatic heterocycles. The molecule has 2 aliphatic carbocycles. The topological polar surface area (TPSA) is 49.4 Å². The zero-order chi connectivity index (χ0) is 12.9. The van der Waals surface area contributed by atoms with E-state index in [9.17, 15) is 9.59 Å². The summed E-state index contributed by atoms with van der Waals surface area (Å²) in [5.41, 5.74) is -0.682. The minimum absolute atomic E-state index is 0.0123. The molecule has 0 spiro atoms. The van der Waals surface area contributed by atoms with E-state index in [2.05, 4.69) is 5.32 Å². The lowest BCUT2D eigenvalue weighted by atomic mass is 9.83. The Balaban J connectivity index is 1.79. The minimum Gasteiger partial charge on any atom is -0.342 e. The Labute approximate surface area is 108 Å². The standard InChI is InChI=1S/C14H22N2O2/c1-14(2)13(18)15-11(10-6-7-10)12(17)16(14)8-9-4-3-5-9/h9-11H,3-8H2,1-2H3,(H,15,18). The maximum absolute atomic E-state index is 12.6. The maximum Gasteiger partial charge on any atom is 0.246 e. The molecule has 1 aliphatic heterocycles. The van der Waals surface area contributed by atoms with E-state index in [-0.39, 0.29) is 17.9 Å². The lowest BCUT2D eigenvalue weighted by Gasteiger charge is -2.47. The van der Waals surface area contributed by atoms with Crippen LogP contribution < -0.4 is 5.32 Å². The lowest BCUT2D eigenvalue weighted by Crippen LogP contribution is -2.69. The summed E-state index contributed by atoms with van der Waals surface area (Å²) in [5.74, 6) is 1.16. The van der Waals surface area contributed by atoms with Crippen molar-refractivity contribution in [1.82, 2.24) is 10.2 Å². The molecule has 1 saturated heterocycles. The first-order valence-corrected chi connectivity index (χ1v) is 7.12. The lowest BCUT2D eigenvalue weighted by molar-refractivity contribution is -0.157. The molecule has 3 aliphatic rings. The Kier molecular flexibility index (Phi) is 2.65. The molecular formula is C14H22N2O2. The van der Waals surface area contributed by atoms with Crippen molar-refractivity contribution >= 4 is 11.8 Å². The third-order valence-electron chi connectivity index (χ3n) is 4.81. The highest BCUT2D eigenvalue weighted by atomic mass is 16.2. The van der Waals surface area contributed by atoms with Gasteiger partial charge in [-0.15, -0.1) is 0 Å². The summed E-state index contributed by atoms with van der Waals surface area (Å²) in [6.45, 7) is 4.49. The number of rotatable bonds is 3. The van der Waals surface area contributed by atoms with E-state index in [1.165, 1.54) is 19.3 Å². The van der Waals surface area contributed by atoms with Crippen molar-refractivity contribution in [2.75, 3.05) is 6.54 Å². The van der Waals surface area contributed by atoms with E-state index in [1.54, 1.807) is 0 Å². The van der Waals surface area contributed by atoms with E-state index in [1.807, 2.05) is 18.7 Å². The van der Waals surface area contributed by atoms with Gasteiger partial charge in [0.05, 0.1) is 0 Å². The smallest absolute Gasteiger partial charge is 0.246 e. The van der Waals surface area contributed by atoms with E-state index >= 15 is 0 Å². The van der Waals surface area contributed by atoms with Crippen molar-refractivity contribution in [2.24, 2.45) is 11.8 Å². The summed E-state index contributed by atoms with van der Waals surface area (Å²) in [6, 6.07) is -0.245. The molecule has 0 bridgehead atoms. The Hall–Kier alpha value is -1.06. The fourth-order valence-corrected chi connectivity index (χ4v) is 2.95. The molecule has 1 atom stereocenters. The van der Waals surface area contributed by atoms with Gasteiger partial charge in [-0.1, -0.05) is 6.42 Å². The van der Waals surface area contributed by atoms with Gasteiger partial charge in [0, 0.05) is 6.54 Å². The molecule has 1 unspecified atom stereocenters. The van der Waals surface area contributed by atoms with Gasteiger partial charge < -0.3 is 10.2 Å². The van der Waals surface area contributed by atoms with Crippen molar-refractivity contribution in [3.05, 3.63) is 0 Å². The highest BCUT2D eigenvalue weighted by Gasteiger charge is 2.51. The molecule has 18 heavy (non-hydrogen) atoms. The number of carbonyl (C=O) groups excluding carboxylic acids is 2. The van der Waals surface area contributed by atoms with Crippen LogP contribution in [0, 0.1) is 11.8 Å². The van der Waals surface area contributed by atoms with Crippen molar-refractivity contribution in [2.45, 2.75) is 57.5 Å². The summed E-state index contributed by atoms with van der Waals surface area (Å²) in [4.78, 5) is 26.6. The average molecular weight is 250 g/mol. The van der Waals surface area contributed by atoms with Gasteiger partial charge in [0.2, 0.25) is 11.8 Å². The van der Waals surface area contributed by atoms with Crippen LogP contribution in [0.5, 0.6) is 0 Å². The zero-order valence-corrected chi connectivity index (χ0v) is 11.2. The average Bonchev–Trinajstić information content (AvgIpc) is 3.04. The number of piperazine rings is 1. The van der Waals surface area contributed by atoms with Gasteiger partial charge in [0.1, 0.15) is 11.6 Å². The third-order valence-corrected chi connectivity index (χ3v) is 4.81. The van der Waals surface area contributed by atoms with Crippen LogP contribution in [0.2, 0.25) is 0 Å². The Morgan fingerprint density at radius 3 is 2.39 bits per heavy atom. The number of hydrogen-bond donors (Lipinski definition) is 1. The number of nitrogens with one attached hydrogen (secondary N) is 1. The maximum atomic E-state index is 12.6. The number of amides is 2. The first-order valence-electron chi connectivity index (χ1n) is 7.12. The van der Waals surface area contributed by atoms with Crippen LogP contribution in [0.1, 0.15) is 46.0 Å². The SMILES string of the molecule is CC1(C)C(=O)NC(C2CC2)C(=O)N1CC1CCC1. The van der Waals surface area contributed by atoms with Crippen molar-refractivity contribution in [1.29, 1.82) is 0 Å². The molecule has 2 amide bonds. The minimum atomic E-state index is -0.682. The molecule has 0 aromatic rings. The van der Waals surface area contributed by atoms with Crippen molar-refractivity contribution in [3.63, 3.8) is 0 Å². The molecule has 0 radical (unpaired) electrons. The van der Waals surface area contributed by atoms with E-state index in [0.717, 1.165) is 19.4 Å². The van der Waals surface area contributed by atoms with Crippen LogP contribution in [-0.4, -0.2) is 34.8 Å². The van der Waals surface area contributed by atoms with Crippen LogP contribution in [0.4, 0.5) is 0 Å². The van der Waals surface area contributed by atoms with Crippen molar-refractivity contribution in [3.8, 4) is 0 Å². The van der Waals surface area contributed by atoms with Gasteiger partial charge >= 0.3 is 0 Å². The highest BCUT2D eigenvalue weighted by molar-refractivity contribution is 5.99. The summed E-state index contributed by atoms with van der Waals surface area (Å²) in [6.07, 6.45) is 5.83. The molecule has 3 fully saturated rings. The van der Waals surface area contributed by atoms with Gasteiger partial charge in [0.15, 0.2) is 0 Å². The van der Waals surface area contributed by atoms with Gasteiger partial charge in [-0.3, -0.25) is 9.59 Å². The summed E-state index contributed by atoms with van der Waals surface area (Å²) in [5, 5.41) is 2.93. The van der Waals surface area contributed by atoms with Crippen LogP contribution in [-0.2, 0) is 9.59 Å². The fraction of sp³-hybridized carbons (Fsp3) is 0.857. The third kappa shape index (κ3) is 1.82. The monoisotopic (exact) mass is 250 g/mol. The van der Waals surface area contributed by atoms with Crippen LogP contribution in [0.25, 0.3) is 0 Å². The molecule has 4 heteroatoms. The Morgan fingerprint density at radius 2 is 1.89 bits per heavy atom. The second kappa shape index (κ2) is 3.97. The molecule has 0 aromatic carbocycles. The van der Waals surface area contributed by atoms with E-state index in [4.69, 9.17) is 0 Å². The quantitative estimate of drug-likeness (QED) is 0.821. The second-order valence-corrected chi connectivity index (χ2v) is 6.59. The Morgan fingerprint density at radius 1 is 1.22 bits per heavy atom. The van der Waals surface area contributed by atoms with Gasteiger partial charge in [-0.2, -0.15) is 0 Å². The van der Waals surface area contributed by atoms with Gasteiger partial charge in [0.25, 0.3) is 0 Å². The molecule has 2 saturated carbocycles. The predicted molar refractivity (Wildman–Crippen MR) is 67.8 cm³/mol. The van der Waals surface area contributed by atoms with Gasteiger partial charge in [-0.05, 0) is 51.4 Å². The molecule has 100 valence electrons.